The third-order valence-electron chi connectivity index (χ3n) is 4.89. The normalized spacial score (nSPS) is 14.3. The zero-order chi connectivity index (χ0) is 17.7. The summed E-state index contributed by atoms with van der Waals surface area (Å²) in [6, 6.07) is 32.4. The van der Waals surface area contributed by atoms with E-state index in [1.165, 1.54) is 17.1 Å². The van der Waals surface area contributed by atoms with Crippen LogP contribution < -0.4 is 4.48 Å². The largest absolute Gasteiger partial charge is 0.218 e. The van der Waals surface area contributed by atoms with Crippen molar-refractivity contribution in [2.45, 2.75) is 6.04 Å². The molecule has 126 valence electrons. The second kappa shape index (κ2) is 7.38. The first-order valence-corrected chi connectivity index (χ1v) is 8.99. The van der Waals surface area contributed by atoms with Crippen LogP contribution in [-0.2, 0) is 0 Å². The third-order valence-corrected chi connectivity index (χ3v) is 4.89. The van der Waals surface area contributed by atoms with E-state index in [9.17, 15) is 0 Å². The molecule has 0 aromatic heterocycles. The van der Waals surface area contributed by atoms with Crippen LogP contribution in [-0.4, -0.2) is 6.04 Å². The zero-order valence-electron chi connectivity index (χ0n) is 14.6. The summed E-state index contributed by atoms with van der Waals surface area (Å²) in [6.07, 6.45) is 13.0. The van der Waals surface area contributed by atoms with Crippen LogP contribution in [0.2, 0.25) is 0 Å². The van der Waals surface area contributed by atoms with Crippen LogP contribution in [0.5, 0.6) is 0 Å². The van der Waals surface area contributed by atoms with Crippen molar-refractivity contribution in [2.75, 3.05) is 0 Å². The maximum atomic E-state index is 2.28. The third kappa shape index (κ3) is 2.83. The topological polar surface area (TPSA) is 0 Å². The van der Waals surface area contributed by atoms with Crippen molar-refractivity contribution in [3.63, 3.8) is 0 Å². The van der Waals surface area contributed by atoms with E-state index in [4.69, 9.17) is 0 Å². The Morgan fingerprint density at radius 3 is 1.12 bits per heavy atom. The summed E-state index contributed by atoms with van der Waals surface area (Å²) in [6.45, 7) is 0. The number of rotatable bonds is 4. The van der Waals surface area contributed by atoms with Gasteiger partial charge in [0.2, 0.25) is 0 Å². The molecule has 26 heavy (non-hydrogen) atoms. The SMILES string of the molecule is C1=CC=CC([N+](c2ccccc2)(c2ccccc2)c2ccccc2)C=C1. The molecule has 0 amide bonds. The van der Waals surface area contributed by atoms with Gasteiger partial charge in [0.25, 0.3) is 0 Å². The molecule has 0 aliphatic heterocycles. The van der Waals surface area contributed by atoms with Crippen molar-refractivity contribution in [1.29, 1.82) is 0 Å². The van der Waals surface area contributed by atoms with Gasteiger partial charge in [0.1, 0.15) is 23.1 Å². The summed E-state index contributed by atoms with van der Waals surface area (Å²) in [7, 11) is 0. The maximum absolute atomic E-state index is 2.28. The quantitative estimate of drug-likeness (QED) is 0.465. The average molecular weight is 336 g/mol. The van der Waals surface area contributed by atoms with Gasteiger partial charge in [0.15, 0.2) is 0 Å². The lowest BCUT2D eigenvalue weighted by Gasteiger charge is -2.41. The predicted molar refractivity (Wildman–Crippen MR) is 112 cm³/mol. The van der Waals surface area contributed by atoms with Gasteiger partial charge in [0, 0.05) is 0 Å². The molecule has 0 atom stereocenters. The number of nitrogens with zero attached hydrogens (tertiary/aromatic N) is 1. The average Bonchev–Trinajstić information content (AvgIpc) is 3.01. The lowest BCUT2D eigenvalue weighted by Crippen LogP contribution is -2.46. The highest BCUT2D eigenvalue weighted by atomic mass is 15.4. The Bertz CT molecular complexity index is 809. The standard InChI is InChI=1S/C25H22N/c1-2-7-15-22(14-6-1)26(23-16-8-3-9-17-23,24-18-10-4-11-19-24)25-20-12-5-13-21-25/h1-22H/q+1. The van der Waals surface area contributed by atoms with Crippen LogP contribution in [0.25, 0.3) is 0 Å². The number of hydrogen-bond acceptors (Lipinski definition) is 0. The van der Waals surface area contributed by atoms with Crippen LogP contribution in [0.4, 0.5) is 17.1 Å². The van der Waals surface area contributed by atoms with Gasteiger partial charge < -0.3 is 0 Å². The minimum Gasteiger partial charge on any atom is -0.218 e. The van der Waals surface area contributed by atoms with E-state index < -0.39 is 0 Å². The molecule has 0 spiro atoms. The van der Waals surface area contributed by atoms with Gasteiger partial charge in [-0.3, -0.25) is 0 Å². The second-order valence-corrected chi connectivity index (χ2v) is 6.37. The lowest BCUT2D eigenvalue weighted by molar-refractivity contribution is 0.498. The summed E-state index contributed by atoms with van der Waals surface area (Å²) < 4.78 is 0.622. The van der Waals surface area contributed by atoms with E-state index in [1.807, 2.05) is 0 Å². The maximum Gasteiger partial charge on any atom is 0.143 e. The van der Waals surface area contributed by atoms with Crippen LogP contribution >= 0.6 is 0 Å². The Hall–Kier alpha value is -3.16. The molecule has 0 radical (unpaired) electrons. The number of benzene rings is 3. The molecule has 0 unspecified atom stereocenters. The monoisotopic (exact) mass is 336 g/mol. The van der Waals surface area contributed by atoms with Crippen molar-refractivity contribution in [3.05, 3.63) is 127 Å². The lowest BCUT2D eigenvalue weighted by atomic mass is 10.0. The first kappa shape index (κ1) is 16.3. The Kier molecular flexibility index (Phi) is 4.63. The highest BCUT2D eigenvalue weighted by molar-refractivity contribution is 5.73. The van der Waals surface area contributed by atoms with Gasteiger partial charge in [-0.1, -0.05) is 78.9 Å². The van der Waals surface area contributed by atoms with E-state index in [1.54, 1.807) is 0 Å². The first-order chi connectivity index (χ1) is 12.9. The number of para-hydroxylation sites is 3. The Labute approximate surface area is 155 Å². The predicted octanol–water partition coefficient (Wildman–Crippen LogP) is 6.71. The Balaban J connectivity index is 2.07. The Morgan fingerprint density at radius 2 is 0.769 bits per heavy atom. The molecule has 1 heteroatoms. The van der Waals surface area contributed by atoms with Gasteiger partial charge in [-0.15, -0.1) is 0 Å². The van der Waals surface area contributed by atoms with E-state index in [0.29, 0.717) is 4.48 Å². The molecule has 0 saturated heterocycles. The van der Waals surface area contributed by atoms with Gasteiger partial charge in [-0.05, 0) is 48.6 Å². The van der Waals surface area contributed by atoms with Gasteiger partial charge in [-0.25, -0.2) is 4.48 Å². The van der Waals surface area contributed by atoms with Crippen LogP contribution in [0.1, 0.15) is 0 Å². The molecule has 0 heterocycles. The van der Waals surface area contributed by atoms with Crippen molar-refractivity contribution in [3.8, 4) is 0 Å². The van der Waals surface area contributed by atoms with Crippen molar-refractivity contribution < 1.29 is 0 Å². The molecule has 0 bridgehead atoms. The molecule has 0 N–H and O–H groups in total. The van der Waals surface area contributed by atoms with E-state index in [-0.39, 0.29) is 6.04 Å². The van der Waals surface area contributed by atoms with Crippen molar-refractivity contribution >= 4 is 17.1 Å². The molecule has 0 saturated carbocycles. The molecule has 3 aromatic carbocycles. The summed E-state index contributed by atoms with van der Waals surface area (Å²) in [5.74, 6) is 0. The fourth-order valence-electron chi connectivity index (χ4n) is 3.76. The van der Waals surface area contributed by atoms with E-state index in [2.05, 4.69) is 127 Å². The van der Waals surface area contributed by atoms with E-state index in [0.717, 1.165) is 0 Å². The van der Waals surface area contributed by atoms with Gasteiger partial charge >= 0.3 is 0 Å². The molecule has 4 rings (SSSR count). The number of hydrogen-bond donors (Lipinski definition) is 0. The fourth-order valence-corrected chi connectivity index (χ4v) is 3.76. The van der Waals surface area contributed by atoms with Crippen LogP contribution in [0.3, 0.4) is 0 Å². The van der Waals surface area contributed by atoms with E-state index >= 15 is 0 Å². The molecular formula is C25H22N+. The van der Waals surface area contributed by atoms with Crippen molar-refractivity contribution in [2.24, 2.45) is 0 Å². The first-order valence-electron chi connectivity index (χ1n) is 8.99. The number of quaternary nitrogens is 1. The second-order valence-electron chi connectivity index (χ2n) is 6.37. The highest BCUT2D eigenvalue weighted by Crippen LogP contribution is 2.46. The molecule has 0 fully saturated rings. The number of allylic oxidation sites excluding steroid dienone is 4. The summed E-state index contributed by atoms with van der Waals surface area (Å²) in [4.78, 5) is 0. The molecule has 1 nitrogen and oxygen atoms in total. The van der Waals surface area contributed by atoms with Crippen LogP contribution in [0, 0.1) is 0 Å². The van der Waals surface area contributed by atoms with Gasteiger partial charge in [0.05, 0.1) is 0 Å². The zero-order valence-corrected chi connectivity index (χ0v) is 14.6. The minimum atomic E-state index is 0.150. The van der Waals surface area contributed by atoms with Crippen molar-refractivity contribution in [1.82, 2.24) is 4.48 Å². The molecule has 1 aliphatic carbocycles. The molecule has 3 aromatic rings. The highest BCUT2D eigenvalue weighted by Gasteiger charge is 2.41. The Morgan fingerprint density at radius 1 is 0.423 bits per heavy atom. The summed E-state index contributed by atoms with van der Waals surface area (Å²) in [5.41, 5.74) is 3.73. The van der Waals surface area contributed by atoms with Gasteiger partial charge in [-0.2, -0.15) is 0 Å². The summed E-state index contributed by atoms with van der Waals surface area (Å²) in [5, 5.41) is 0. The fraction of sp³-hybridized carbons (Fsp3) is 0.0400. The molecular weight excluding hydrogens is 314 g/mol. The summed E-state index contributed by atoms with van der Waals surface area (Å²) >= 11 is 0. The minimum absolute atomic E-state index is 0.150. The van der Waals surface area contributed by atoms with Crippen LogP contribution in [0.15, 0.2) is 127 Å². The molecule has 1 aliphatic rings. The smallest absolute Gasteiger partial charge is 0.143 e.